The van der Waals surface area contributed by atoms with Gasteiger partial charge in [0.25, 0.3) is 0 Å². The van der Waals surface area contributed by atoms with E-state index in [0.717, 1.165) is 13.1 Å². The Kier molecular flexibility index (Phi) is 9.11. The van der Waals surface area contributed by atoms with E-state index in [0.29, 0.717) is 32.1 Å². The van der Waals surface area contributed by atoms with E-state index in [1.165, 1.54) is 25.7 Å². The highest BCUT2D eigenvalue weighted by Gasteiger charge is 2.34. The molecule has 27 heavy (non-hydrogen) atoms. The van der Waals surface area contributed by atoms with E-state index in [-0.39, 0.29) is 35.5 Å². The van der Waals surface area contributed by atoms with Gasteiger partial charge in [0.05, 0.1) is 0 Å². The number of carbonyl (C=O) groups excluding carboxylic acids is 1. The first-order chi connectivity index (χ1) is 12.1. The fraction of sp³-hybridized carbons (Fsp3) is 0.895. The maximum Gasteiger partial charge on any atom is 0.410 e. The third kappa shape index (κ3) is 7.63. The number of aliphatic imine (C=N–C) groups is 1. The quantitative estimate of drug-likeness (QED) is 0.369. The summed E-state index contributed by atoms with van der Waals surface area (Å²) in [6.07, 6.45) is 4.79. The van der Waals surface area contributed by atoms with Crippen LogP contribution in [0.3, 0.4) is 0 Å². The molecule has 8 heteroatoms. The average Bonchev–Trinajstić information content (AvgIpc) is 2.99. The number of amides is 1. The van der Waals surface area contributed by atoms with Gasteiger partial charge in [0.1, 0.15) is 5.60 Å². The van der Waals surface area contributed by atoms with E-state index in [4.69, 9.17) is 15.5 Å². The van der Waals surface area contributed by atoms with E-state index in [1.807, 2.05) is 20.8 Å². The second-order valence-electron chi connectivity index (χ2n) is 9.07. The fourth-order valence-electron chi connectivity index (χ4n) is 3.96. The molecule has 2 rings (SSSR count). The van der Waals surface area contributed by atoms with Gasteiger partial charge in [0.15, 0.2) is 5.96 Å². The summed E-state index contributed by atoms with van der Waals surface area (Å²) >= 11 is 0. The second-order valence-corrected chi connectivity index (χ2v) is 9.07. The second kappa shape index (κ2) is 10.1. The Balaban J connectivity index is 0.00000364. The number of ether oxygens (including phenoxy) is 1. The van der Waals surface area contributed by atoms with Crippen LogP contribution in [-0.2, 0) is 4.74 Å². The van der Waals surface area contributed by atoms with Gasteiger partial charge in [-0.25, -0.2) is 4.79 Å². The van der Waals surface area contributed by atoms with Crippen molar-refractivity contribution in [1.82, 2.24) is 14.7 Å². The lowest BCUT2D eigenvalue weighted by molar-refractivity contribution is 0.0186. The minimum absolute atomic E-state index is 0. The summed E-state index contributed by atoms with van der Waals surface area (Å²) in [7, 11) is 4.26. The molecule has 1 aliphatic heterocycles. The van der Waals surface area contributed by atoms with E-state index in [1.54, 1.807) is 4.90 Å². The molecule has 0 aromatic heterocycles. The molecule has 0 aromatic rings. The first-order valence-corrected chi connectivity index (χ1v) is 9.78. The van der Waals surface area contributed by atoms with Crippen LogP contribution in [0, 0.1) is 5.41 Å². The van der Waals surface area contributed by atoms with Crippen LogP contribution in [-0.4, -0.2) is 85.7 Å². The highest BCUT2D eigenvalue weighted by molar-refractivity contribution is 14.0. The zero-order chi connectivity index (χ0) is 19.4. The predicted octanol–water partition coefficient (Wildman–Crippen LogP) is 2.59. The van der Waals surface area contributed by atoms with Crippen LogP contribution in [0.25, 0.3) is 0 Å². The van der Waals surface area contributed by atoms with Crippen LogP contribution in [0.1, 0.15) is 46.5 Å². The lowest BCUT2D eigenvalue weighted by Crippen LogP contribution is -2.53. The maximum atomic E-state index is 12.2. The van der Waals surface area contributed by atoms with E-state index < -0.39 is 5.60 Å². The molecule has 0 radical (unpaired) electrons. The molecule has 1 saturated carbocycles. The number of hydrogen-bond donors (Lipinski definition) is 1. The van der Waals surface area contributed by atoms with Gasteiger partial charge in [-0.1, -0.05) is 12.8 Å². The zero-order valence-corrected chi connectivity index (χ0v) is 20.0. The van der Waals surface area contributed by atoms with Gasteiger partial charge in [0.2, 0.25) is 0 Å². The molecule has 0 bridgehead atoms. The smallest absolute Gasteiger partial charge is 0.410 e. The Morgan fingerprint density at radius 2 is 1.63 bits per heavy atom. The molecule has 1 aliphatic carbocycles. The first-order valence-electron chi connectivity index (χ1n) is 9.78. The minimum Gasteiger partial charge on any atom is -0.444 e. The highest BCUT2D eigenvalue weighted by atomic mass is 127. The lowest BCUT2D eigenvalue weighted by atomic mass is 9.86. The Morgan fingerprint density at radius 1 is 1.11 bits per heavy atom. The molecular formula is C19H38IN5O2. The molecule has 7 nitrogen and oxygen atoms in total. The Morgan fingerprint density at radius 3 is 2.11 bits per heavy atom. The van der Waals surface area contributed by atoms with Crippen LogP contribution in [0.2, 0.25) is 0 Å². The first kappa shape index (κ1) is 24.3. The normalized spacial score (nSPS) is 20.6. The van der Waals surface area contributed by atoms with Crippen LogP contribution in [0.4, 0.5) is 4.79 Å². The number of guanidine groups is 1. The van der Waals surface area contributed by atoms with E-state index in [9.17, 15) is 4.79 Å². The van der Waals surface area contributed by atoms with Crippen LogP contribution in [0.5, 0.6) is 0 Å². The van der Waals surface area contributed by atoms with Gasteiger partial charge in [-0.05, 0) is 47.7 Å². The van der Waals surface area contributed by atoms with Crippen molar-refractivity contribution in [2.45, 2.75) is 52.1 Å². The molecule has 2 aliphatic rings. The SMILES string of the molecule is CN(C)CC1(CN=C(N)N2CCN(C(=O)OC(C)(C)C)CC2)CCCC1.I. The molecule has 1 saturated heterocycles. The number of halogens is 1. The minimum atomic E-state index is -0.462. The topological polar surface area (TPSA) is 74.4 Å². The fourth-order valence-corrected chi connectivity index (χ4v) is 3.96. The number of carbonyl (C=O) groups is 1. The predicted molar refractivity (Wildman–Crippen MR) is 121 cm³/mol. The van der Waals surface area contributed by atoms with Crippen molar-refractivity contribution in [3.8, 4) is 0 Å². The lowest BCUT2D eigenvalue weighted by Gasteiger charge is -2.36. The third-order valence-electron chi connectivity index (χ3n) is 5.15. The average molecular weight is 495 g/mol. The molecule has 1 heterocycles. The Bertz CT molecular complexity index is 505. The number of piperazine rings is 1. The van der Waals surface area contributed by atoms with Crippen molar-refractivity contribution >= 4 is 36.0 Å². The van der Waals surface area contributed by atoms with Gasteiger partial charge >= 0.3 is 6.09 Å². The summed E-state index contributed by atoms with van der Waals surface area (Å²) in [5.74, 6) is 0.610. The van der Waals surface area contributed by atoms with Crippen LogP contribution >= 0.6 is 24.0 Å². The van der Waals surface area contributed by atoms with Gasteiger partial charge in [-0.15, -0.1) is 24.0 Å². The number of nitrogens with zero attached hydrogens (tertiary/aromatic N) is 4. The third-order valence-corrected chi connectivity index (χ3v) is 5.15. The van der Waals surface area contributed by atoms with Crippen molar-refractivity contribution in [2.75, 3.05) is 53.4 Å². The molecule has 2 N–H and O–H groups in total. The molecule has 0 aromatic carbocycles. The Hall–Kier alpha value is -0.770. The van der Waals surface area contributed by atoms with Crippen molar-refractivity contribution in [1.29, 1.82) is 0 Å². The van der Waals surface area contributed by atoms with E-state index in [2.05, 4.69) is 23.9 Å². The van der Waals surface area contributed by atoms with Gasteiger partial charge in [-0.3, -0.25) is 4.99 Å². The zero-order valence-electron chi connectivity index (χ0n) is 17.7. The van der Waals surface area contributed by atoms with Crippen molar-refractivity contribution < 1.29 is 9.53 Å². The van der Waals surface area contributed by atoms with Gasteiger partial charge < -0.3 is 25.2 Å². The number of hydrogen-bond acceptors (Lipinski definition) is 4. The summed E-state index contributed by atoms with van der Waals surface area (Å²) in [6, 6.07) is 0. The van der Waals surface area contributed by atoms with Crippen LogP contribution < -0.4 is 5.73 Å². The summed E-state index contributed by atoms with van der Waals surface area (Å²) in [6.45, 7) is 10.2. The number of nitrogens with two attached hydrogens (primary N) is 1. The molecule has 0 unspecified atom stereocenters. The van der Waals surface area contributed by atoms with Gasteiger partial charge in [-0.2, -0.15) is 0 Å². The largest absolute Gasteiger partial charge is 0.444 e. The summed E-state index contributed by atoms with van der Waals surface area (Å²) < 4.78 is 5.44. The molecule has 0 atom stereocenters. The summed E-state index contributed by atoms with van der Waals surface area (Å²) in [4.78, 5) is 23.0. The number of rotatable bonds is 4. The van der Waals surface area contributed by atoms with Crippen LogP contribution in [0.15, 0.2) is 4.99 Å². The Labute approximate surface area is 181 Å². The monoisotopic (exact) mass is 495 g/mol. The van der Waals surface area contributed by atoms with Crippen molar-refractivity contribution in [2.24, 2.45) is 16.1 Å². The molecule has 0 spiro atoms. The molecule has 2 fully saturated rings. The van der Waals surface area contributed by atoms with Gasteiger partial charge in [0, 0.05) is 44.7 Å². The van der Waals surface area contributed by atoms with Crippen molar-refractivity contribution in [3.63, 3.8) is 0 Å². The highest BCUT2D eigenvalue weighted by Crippen LogP contribution is 2.38. The molecular weight excluding hydrogens is 457 g/mol. The van der Waals surface area contributed by atoms with Crippen molar-refractivity contribution in [3.05, 3.63) is 0 Å². The standard InChI is InChI=1S/C19H37N5O2.HI/c1-18(2,3)26-17(25)24-12-10-23(11-13-24)16(20)21-14-19(15-22(4)5)8-6-7-9-19;/h6-15H2,1-5H3,(H2,20,21);1H. The summed E-state index contributed by atoms with van der Waals surface area (Å²) in [5.41, 5.74) is 6.08. The molecule has 1 amide bonds. The molecule has 158 valence electrons. The van der Waals surface area contributed by atoms with E-state index >= 15 is 0 Å². The summed E-state index contributed by atoms with van der Waals surface area (Å²) in [5, 5.41) is 0. The maximum absolute atomic E-state index is 12.2.